The van der Waals surface area contributed by atoms with Crippen molar-refractivity contribution in [3.8, 4) is 0 Å². The summed E-state index contributed by atoms with van der Waals surface area (Å²) in [4.78, 5) is 38.4. The van der Waals surface area contributed by atoms with Crippen molar-refractivity contribution in [3.63, 3.8) is 0 Å². The van der Waals surface area contributed by atoms with Gasteiger partial charge in [0, 0.05) is 4.88 Å². The van der Waals surface area contributed by atoms with Crippen molar-refractivity contribution in [2.24, 2.45) is 5.73 Å². The van der Waals surface area contributed by atoms with E-state index in [1.807, 2.05) is 60.7 Å². The fourth-order valence-electron chi connectivity index (χ4n) is 3.89. The molecule has 1 aromatic heterocycles. The molecular weight excluding hydrogens is 412 g/mol. The topological polar surface area (TPSA) is 98.5 Å². The zero-order valence-corrected chi connectivity index (χ0v) is 17.6. The second-order valence-electron chi connectivity index (χ2n) is 7.34. The highest BCUT2D eigenvalue weighted by Gasteiger charge is 2.27. The molecule has 3 aromatic rings. The van der Waals surface area contributed by atoms with Crippen molar-refractivity contribution in [3.05, 3.63) is 87.8 Å². The first-order valence-electron chi connectivity index (χ1n) is 10.1. The molecule has 0 fully saturated rings. The largest absolute Gasteiger partial charge is 0.455 e. The van der Waals surface area contributed by atoms with Gasteiger partial charge in [-0.3, -0.25) is 14.4 Å². The van der Waals surface area contributed by atoms with Gasteiger partial charge in [0.15, 0.2) is 6.61 Å². The Balaban J connectivity index is 1.46. The molecule has 0 saturated carbocycles. The third-order valence-electron chi connectivity index (χ3n) is 5.27. The van der Waals surface area contributed by atoms with Gasteiger partial charge in [0.05, 0.1) is 5.56 Å². The van der Waals surface area contributed by atoms with Gasteiger partial charge in [-0.15, -0.1) is 11.3 Å². The Morgan fingerprint density at radius 2 is 1.58 bits per heavy atom. The molecule has 1 aliphatic rings. The number of thiophene rings is 1. The highest BCUT2D eigenvalue weighted by Crippen LogP contribution is 2.38. The molecule has 1 heterocycles. The minimum Gasteiger partial charge on any atom is -0.455 e. The lowest BCUT2D eigenvalue weighted by Crippen LogP contribution is -2.25. The van der Waals surface area contributed by atoms with E-state index in [1.54, 1.807) is 0 Å². The van der Waals surface area contributed by atoms with Crippen molar-refractivity contribution in [1.82, 2.24) is 0 Å². The fourth-order valence-corrected chi connectivity index (χ4v) is 5.20. The summed E-state index contributed by atoms with van der Waals surface area (Å²) >= 11 is 1.37. The summed E-state index contributed by atoms with van der Waals surface area (Å²) in [6.07, 6.45) is 2.64. The second-order valence-corrected chi connectivity index (χ2v) is 8.44. The monoisotopic (exact) mass is 434 g/mol. The fraction of sp³-hybridized carbons (Fsp3) is 0.208. The van der Waals surface area contributed by atoms with Gasteiger partial charge in [0.2, 0.25) is 0 Å². The molecule has 6 nitrogen and oxygen atoms in total. The number of aryl methyl sites for hydroxylation is 1. The van der Waals surface area contributed by atoms with E-state index in [4.69, 9.17) is 10.5 Å². The molecule has 31 heavy (non-hydrogen) atoms. The van der Waals surface area contributed by atoms with Crippen LogP contribution >= 0.6 is 11.3 Å². The molecule has 4 rings (SSSR count). The van der Waals surface area contributed by atoms with E-state index >= 15 is 0 Å². The number of anilines is 1. The Hall–Kier alpha value is -3.45. The number of benzene rings is 2. The third-order valence-corrected chi connectivity index (χ3v) is 6.47. The molecule has 2 aromatic carbocycles. The van der Waals surface area contributed by atoms with E-state index in [-0.39, 0.29) is 0 Å². The van der Waals surface area contributed by atoms with E-state index < -0.39 is 30.3 Å². The lowest BCUT2D eigenvalue weighted by atomic mass is 9.91. The molecule has 0 unspecified atom stereocenters. The molecule has 0 aliphatic heterocycles. The first-order chi connectivity index (χ1) is 15.0. The van der Waals surface area contributed by atoms with Crippen LogP contribution in [0.2, 0.25) is 0 Å². The molecule has 0 spiro atoms. The van der Waals surface area contributed by atoms with Gasteiger partial charge < -0.3 is 15.8 Å². The van der Waals surface area contributed by atoms with Crippen LogP contribution in [0.3, 0.4) is 0 Å². The lowest BCUT2D eigenvalue weighted by Gasteiger charge is -2.17. The van der Waals surface area contributed by atoms with Gasteiger partial charge in [0.25, 0.3) is 11.8 Å². The number of amides is 2. The average Bonchev–Trinajstić information content (AvgIpc) is 3.34. The van der Waals surface area contributed by atoms with Gasteiger partial charge in [-0.1, -0.05) is 60.7 Å². The highest BCUT2D eigenvalue weighted by molar-refractivity contribution is 7.17. The van der Waals surface area contributed by atoms with Gasteiger partial charge in [-0.05, 0) is 36.0 Å². The first kappa shape index (κ1) is 20.8. The third kappa shape index (κ3) is 4.51. The van der Waals surface area contributed by atoms with E-state index in [0.717, 1.165) is 40.8 Å². The Morgan fingerprint density at radius 1 is 0.968 bits per heavy atom. The minimum absolute atomic E-state index is 0.378. The first-order valence-corrected chi connectivity index (χ1v) is 10.9. The van der Waals surface area contributed by atoms with Crippen LogP contribution in [0.4, 0.5) is 5.00 Å². The van der Waals surface area contributed by atoms with Crippen LogP contribution in [0.1, 0.15) is 44.3 Å². The number of hydrogen-bond acceptors (Lipinski definition) is 5. The summed E-state index contributed by atoms with van der Waals surface area (Å²) in [5.41, 5.74) is 8.40. The number of ether oxygens (including phenoxy) is 1. The number of nitrogens with one attached hydrogen (secondary N) is 1. The van der Waals surface area contributed by atoms with Crippen molar-refractivity contribution in [2.45, 2.75) is 25.2 Å². The summed E-state index contributed by atoms with van der Waals surface area (Å²) in [6, 6.07) is 18.6. The molecule has 3 N–H and O–H groups in total. The number of primary amides is 1. The van der Waals surface area contributed by atoms with E-state index in [1.165, 1.54) is 11.3 Å². The molecule has 0 atom stereocenters. The molecule has 0 radical (unpaired) electrons. The van der Waals surface area contributed by atoms with E-state index in [0.29, 0.717) is 10.6 Å². The zero-order chi connectivity index (χ0) is 21.8. The van der Waals surface area contributed by atoms with E-state index in [2.05, 4.69) is 5.32 Å². The maximum Gasteiger partial charge on any atom is 0.318 e. The molecule has 158 valence electrons. The Morgan fingerprint density at radius 3 is 2.16 bits per heavy atom. The maximum atomic E-state index is 12.9. The number of esters is 1. The molecular formula is C24H22N2O4S. The van der Waals surface area contributed by atoms with Crippen LogP contribution < -0.4 is 11.1 Å². The smallest absolute Gasteiger partial charge is 0.318 e. The SMILES string of the molecule is NC(=O)c1c(NC(=O)COC(=O)C(c2ccccc2)c2ccccc2)sc2c1CCC2. The van der Waals surface area contributed by atoms with Crippen molar-refractivity contribution >= 4 is 34.1 Å². The quantitative estimate of drug-likeness (QED) is 0.555. The zero-order valence-electron chi connectivity index (χ0n) is 16.8. The van der Waals surface area contributed by atoms with Gasteiger partial charge in [-0.25, -0.2) is 0 Å². The normalized spacial score (nSPS) is 12.4. The van der Waals surface area contributed by atoms with Crippen molar-refractivity contribution in [2.75, 3.05) is 11.9 Å². The summed E-state index contributed by atoms with van der Waals surface area (Å²) < 4.78 is 5.36. The minimum atomic E-state index is -0.637. The van der Waals surface area contributed by atoms with Crippen LogP contribution in [-0.2, 0) is 27.2 Å². The standard InChI is InChI=1S/C24H22N2O4S/c25-22(28)21-17-12-7-13-18(17)31-23(21)26-19(27)14-30-24(29)20(15-8-3-1-4-9-15)16-10-5-2-6-11-16/h1-6,8-11,20H,7,12-14H2,(H2,25,28)(H,26,27). The van der Waals surface area contributed by atoms with Crippen molar-refractivity contribution in [1.29, 1.82) is 0 Å². The Bertz CT molecular complexity index is 1070. The van der Waals surface area contributed by atoms with Crippen molar-refractivity contribution < 1.29 is 19.1 Å². The van der Waals surface area contributed by atoms with Crippen LogP contribution in [0.5, 0.6) is 0 Å². The summed E-state index contributed by atoms with van der Waals surface area (Å²) in [7, 11) is 0. The Labute approximate surface area is 184 Å². The number of carbonyl (C=O) groups is 3. The van der Waals surface area contributed by atoms with Crippen LogP contribution in [0.15, 0.2) is 60.7 Å². The average molecular weight is 435 g/mol. The highest BCUT2D eigenvalue weighted by atomic mass is 32.1. The predicted octanol–water partition coefficient (Wildman–Crippen LogP) is 3.65. The van der Waals surface area contributed by atoms with Crippen LogP contribution in [0.25, 0.3) is 0 Å². The molecule has 0 bridgehead atoms. The number of fused-ring (bicyclic) bond motifs is 1. The summed E-state index contributed by atoms with van der Waals surface area (Å²) in [5, 5.41) is 3.13. The molecule has 7 heteroatoms. The summed E-state index contributed by atoms with van der Waals surface area (Å²) in [6.45, 7) is -0.449. The van der Waals surface area contributed by atoms with E-state index in [9.17, 15) is 14.4 Å². The van der Waals surface area contributed by atoms with Crippen LogP contribution in [0, 0.1) is 0 Å². The molecule has 1 aliphatic carbocycles. The number of hydrogen-bond donors (Lipinski definition) is 2. The maximum absolute atomic E-state index is 12.9. The van der Waals surface area contributed by atoms with Gasteiger partial charge in [0.1, 0.15) is 10.9 Å². The Kier molecular flexibility index (Phi) is 6.13. The summed E-state index contributed by atoms with van der Waals surface area (Å²) in [5.74, 6) is -2.21. The number of nitrogens with two attached hydrogens (primary N) is 1. The van der Waals surface area contributed by atoms with Gasteiger partial charge in [-0.2, -0.15) is 0 Å². The van der Waals surface area contributed by atoms with Crippen LogP contribution in [-0.4, -0.2) is 24.4 Å². The molecule has 0 saturated heterocycles. The molecule has 2 amide bonds. The second kappa shape index (κ2) is 9.14. The number of rotatable bonds is 7. The predicted molar refractivity (Wildman–Crippen MR) is 119 cm³/mol. The lowest BCUT2D eigenvalue weighted by molar-refractivity contribution is -0.147. The number of carbonyl (C=O) groups excluding carboxylic acids is 3. The van der Waals surface area contributed by atoms with Gasteiger partial charge >= 0.3 is 5.97 Å².